The van der Waals surface area contributed by atoms with Gasteiger partial charge in [0, 0.05) is 24.8 Å². The Labute approximate surface area is 170 Å². The molecule has 2 aromatic carbocycles. The van der Waals surface area contributed by atoms with E-state index in [1.807, 2.05) is 44.2 Å². The summed E-state index contributed by atoms with van der Waals surface area (Å²) in [6.07, 6.45) is 2.40. The third kappa shape index (κ3) is 3.14. The molecule has 0 radical (unpaired) electrons. The van der Waals surface area contributed by atoms with Gasteiger partial charge in [0.05, 0.1) is 11.6 Å². The van der Waals surface area contributed by atoms with Crippen molar-refractivity contribution in [3.63, 3.8) is 0 Å². The average Bonchev–Trinajstić information content (AvgIpc) is 2.83. The summed E-state index contributed by atoms with van der Waals surface area (Å²) in [4.78, 5) is 33.2. The Balaban J connectivity index is 1.80. The Hall–Kier alpha value is -2.96. The third-order valence-electron chi connectivity index (χ3n) is 5.62. The largest absolute Gasteiger partial charge is 0.363 e. The van der Waals surface area contributed by atoms with Gasteiger partial charge >= 0.3 is 5.97 Å². The standard InChI is InChI=1S/C23H25N3O3/c1-15(2)14-19-17-10-7-11-18-20(17)23(24,22(28)25(18)3)12-13-26(19)29-21(27)16-8-5-4-6-9-16/h4-11,14,19H,12-13,24H2,1-3H3/t19-,23+/m1/s1. The molecule has 0 saturated carbocycles. The average molecular weight is 391 g/mol. The van der Waals surface area contributed by atoms with Crippen LogP contribution in [0, 0.1) is 0 Å². The van der Waals surface area contributed by atoms with Crippen LogP contribution in [0.3, 0.4) is 0 Å². The number of nitrogens with two attached hydrogens (primary N) is 1. The van der Waals surface area contributed by atoms with Gasteiger partial charge in [-0.25, -0.2) is 4.79 Å². The van der Waals surface area contributed by atoms with E-state index in [4.69, 9.17) is 10.6 Å². The van der Waals surface area contributed by atoms with E-state index in [1.54, 1.807) is 41.3 Å². The molecule has 6 heteroatoms. The number of hydrogen-bond acceptors (Lipinski definition) is 5. The SMILES string of the molecule is CC(C)=C[C@@H]1c2cccc3c2[C@@](N)(CCN1OC(=O)c1ccccc1)C(=O)N3C. The van der Waals surface area contributed by atoms with Gasteiger partial charge in [-0.3, -0.25) is 4.79 Å². The monoisotopic (exact) mass is 391 g/mol. The van der Waals surface area contributed by atoms with Gasteiger partial charge in [-0.05, 0) is 44.0 Å². The smallest absolute Gasteiger partial charge is 0.357 e. The van der Waals surface area contributed by atoms with Crippen LogP contribution in [0.2, 0.25) is 0 Å². The topological polar surface area (TPSA) is 75.9 Å². The van der Waals surface area contributed by atoms with Gasteiger partial charge in [0.15, 0.2) is 0 Å². The van der Waals surface area contributed by atoms with Crippen molar-refractivity contribution in [1.82, 2.24) is 5.06 Å². The maximum Gasteiger partial charge on any atom is 0.357 e. The number of amides is 1. The van der Waals surface area contributed by atoms with Crippen LogP contribution < -0.4 is 10.6 Å². The summed E-state index contributed by atoms with van der Waals surface area (Å²) < 4.78 is 0. The van der Waals surface area contributed by atoms with Crippen LogP contribution in [-0.2, 0) is 15.2 Å². The second kappa shape index (κ2) is 7.13. The molecule has 0 fully saturated rings. The minimum atomic E-state index is -1.12. The van der Waals surface area contributed by atoms with Crippen molar-refractivity contribution >= 4 is 17.6 Å². The Kier molecular flexibility index (Phi) is 4.76. The normalized spacial score (nSPS) is 23.4. The van der Waals surface area contributed by atoms with Gasteiger partial charge in [0.25, 0.3) is 5.91 Å². The first-order valence-electron chi connectivity index (χ1n) is 9.72. The van der Waals surface area contributed by atoms with Crippen LogP contribution in [0.1, 0.15) is 47.8 Å². The number of anilines is 1. The Bertz CT molecular complexity index is 998. The van der Waals surface area contributed by atoms with E-state index in [0.717, 1.165) is 22.4 Å². The van der Waals surface area contributed by atoms with Gasteiger partial charge in [-0.1, -0.05) is 42.0 Å². The zero-order valence-electron chi connectivity index (χ0n) is 16.9. The molecule has 0 bridgehead atoms. The number of likely N-dealkylation sites (N-methyl/N-ethyl adjacent to an activating group) is 1. The molecule has 0 aromatic heterocycles. The van der Waals surface area contributed by atoms with Gasteiger partial charge < -0.3 is 15.5 Å². The van der Waals surface area contributed by atoms with Crippen LogP contribution in [0.15, 0.2) is 60.2 Å². The number of hydroxylamine groups is 2. The van der Waals surface area contributed by atoms with E-state index in [2.05, 4.69) is 0 Å². The first kappa shape index (κ1) is 19.4. The summed E-state index contributed by atoms with van der Waals surface area (Å²) in [5.74, 6) is -0.562. The maximum absolute atomic E-state index is 13.0. The third-order valence-corrected chi connectivity index (χ3v) is 5.62. The zero-order valence-corrected chi connectivity index (χ0v) is 16.9. The second-order valence-corrected chi connectivity index (χ2v) is 7.90. The maximum atomic E-state index is 13.0. The highest BCUT2D eigenvalue weighted by molar-refractivity contribution is 6.08. The number of benzene rings is 2. The second-order valence-electron chi connectivity index (χ2n) is 7.90. The zero-order chi connectivity index (χ0) is 20.8. The van der Waals surface area contributed by atoms with Crippen molar-refractivity contribution in [2.24, 2.45) is 5.73 Å². The molecule has 150 valence electrons. The van der Waals surface area contributed by atoms with Crippen molar-refractivity contribution in [2.75, 3.05) is 18.5 Å². The molecule has 2 atom stereocenters. The molecular weight excluding hydrogens is 366 g/mol. The Morgan fingerprint density at radius 1 is 1.17 bits per heavy atom. The molecule has 4 rings (SSSR count). The minimum absolute atomic E-state index is 0.132. The lowest BCUT2D eigenvalue weighted by Gasteiger charge is -2.28. The van der Waals surface area contributed by atoms with Crippen LogP contribution >= 0.6 is 0 Å². The first-order chi connectivity index (χ1) is 13.8. The summed E-state index contributed by atoms with van der Waals surface area (Å²) in [7, 11) is 1.75. The van der Waals surface area contributed by atoms with Crippen molar-refractivity contribution < 1.29 is 14.4 Å². The minimum Gasteiger partial charge on any atom is -0.363 e. The summed E-state index contributed by atoms with van der Waals surface area (Å²) in [5.41, 5.74) is 9.64. The molecule has 2 aromatic rings. The number of allylic oxidation sites excluding steroid dienone is 1. The van der Waals surface area contributed by atoms with Crippen LogP contribution in [0.5, 0.6) is 0 Å². The lowest BCUT2D eigenvalue weighted by molar-refractivity contribution is -0.133. The van der Waals surface area contributed by atoms with E-state index in [1.165, 1.54) is 0 Å². The fourth-order valence-electron chi connectivity index (χ4n) is 4.22. The number of carbonyl (C=O) groups is 2. The molecule has 2 aliphatic heterocycles. The highest BCUT2D eigenvalue weighted by Crippen LogP contribution is 2.47. The van der Waals surface area contributed by atoms with E-state index in [0.29, 0.717) is 18.5 Å². The predicted octanol–water partition coefficient (Wildman–Crippen LogP) is 3.30. The number of nitrogens with zero attached hydrogens (tertiary/aromatic N) is 2. The van der Waals surface area contributed by atoms with Crippen molar-refractivity contribution in [3.8, 4) is 0 Å². The Morgan fingerprint density at radius 2 is 1.90 bits per heavy atom. The first-order valence-corrected chi connectivity index (χ1v) is 9.72. The molecule has 29 heavy (non-hydrogen) atoms. The van der Waals surface area contributed by atoms with Crippen LogP contribution in [0.25, 0.3) is 0 Å². The molecular formula is C23H25N3O3. The molecule has 0 saturated heterocycles. The fraction of sp³-hybridized carbons (Fsp3) is 0.304. The van der Waals surface area contributed by atoms with Gasteiger partial charge in [-0.2, -0.15) is 0 Å². The van der Waals surface area contributed by atoms with Crippen LogP contribution in [0.4, 0.5) is 5.69 Å². The fourth-order valence-corrected chi connectivity index (χ4v) is 4.22. The molecule has 0 unspecified atom stereocenters. The summed E-state index contributed by atoms with van der Waals surface area (Å²) in [5, 5.41) is 1.65. The number of hydrogen-bond donors (Lipinski definition) is 1. The molecule has 2 aliphatic rings. The lowest BCUT2D eigenvalue weighted by Crippen LogP contribution is -2.47. The van der Waals surface area contributed by atoms with Crippen LogP contribution in [-0.4, -0.2) is 30.5 Å². The van der Waals surface area contributed by atoms with Crippen molar-refractivity contribution in [3.05, 3.63) is 76.9 Å². The highest BCUT2D eigenvalue weighted by atomic mass is 16.7. The molecule has 0 spiro atoms. The summed E-state index contributed by atoms with van der Waals surface area (Å²) in [6.45, 7) is 4.34. The number of rotatable bonds is 3. The van der Waals surface area contributed by atoms with E-state index < -0.39 is 11.5 Å². The van der Waals surface area contributed by atoms with Crippen molar-refractivity contribution in [1.29, 1.82) is 0 Å². The van der Waals surface area contributed by atoms with Gasteiger partial charge in [-0.15, -0.1) is 5.06 Å². The quantitative estimate of drug-likeness (QED) is 0.813. The summed E-state index contributed by atoms with van der Waals surface area (Å²) in [6, 6.07) is 14.3. The van der Waals surface area contributed by atoms with Gasteiger partial charge in [0.2, 0.25) is 0 Å². The van der Waals surface area contributed by atoms with E-state index >= 15 is 0 Å². The lowest BCUT2D eigenvalue weighted by atomic mass is 9.85. The van der Waals surface area contributed by atoms with Gasteiger partial charge in [0.1, 0.15) is 5.54 Å². The highest BCUT2D eigenvalue weighted by Gasteiger charge is 2.51. The molecule has 6 nitrogen and oxygen atoms in total. The number of carbonyl (C=O) groups excluding carboxylic acids is 2. The molecule has 2 N–H and O–H groups in total. The molecule has 2 heterocycles. The molecule has 1 amide bonds. The van der Waals surface area contributed by atoms with Crippen molar-refractivity contribution in [2.45, 2.75) is 31.8 Å². The molecule has 0 aliphatic carbocycles. The van der Waals surface area contributed by atoms with E-state index in [-0.39, 0.29) is 11.9 Å². The summed E-state index contributed by atoms with van der Waals surface area (Å²) >= 11 is 0. The van der Waals surface area contributed by atoms with E-state index in [9.17, 15) is 9.59 Å². The predicted molar refractivity (Wildman–Crippen MR) is 111 cm³/mol. The Morgan fingerprint density at radius 3 is 2.59 bits per heavy atom.